The fourth-order valence-corrected chi connectivity index (χ4v) is 4.05. The van der Waals surface area contributed by atoms with Crippen molar-refractivity contribution in [2.45, 2.75) is 31.7 Å². The van der Waals surface area contributed by atoms with Gasteiger partial charge in [-0.25, -0.2) is 0 Å². The van der Waals surface area contributed by atoms with E-state index in [0.29, 0.717) is 0 Å². The molecule has 2 aromatic rings. The molecule has 1 nitrogen and oxygen atoms in total. The van der Waals surface area contributed by atoms with Crippen LogP contribution in [0.5, 0.6) is 0 Å². The lowest BCUT2D eigenvalue weighted by molar-refractivity contribution is 0.0963. The van der Waals surface area contributed by atoms with Gasteiger partial charge in [0.1, 0.15) is 5.60 Å². The summed E-state index contributed by atoms with van der Waals surface area (Å²) in [5.41, 5.74) is 3.24. The lowest BCUT2D eigenvalue weighted by Crippen LogP contribution is -2.47. The van der Waals surface area contributed by atoms with Gasteiger partial charge in [0.2, 0.25) is 0 Å². The van der Waals surface area contributed by atoms with Crippen molar-refractivity contribution < 1.29 is 4.43 Å². The average Bonchev–Trinajstić information content (AvgIpc) is 2.43. The van der Waals surface area contributed by atoms with E-state index in [9.17, 15) is 0 Å². The Labute approximate surface area is 128 Å². The van der Waals surface area contributed by atoms with Crippen LogP contribution in [0.4, 0.5) is 0 Å². The standard InChI is InChI=1S/C19H20OSi/c1-21(2,3)20-19(14-13-16-9-5-4-6-10-16)15-17-11-7-8-12-18(17)19/h4-12H,15H2,1-3H3/t19-/m1/s1. The van der Waals surface area contributed by atoms with E-state index in [-0.39, 0.29) is 0 Å². The van der Waals surface area contributed by atoms with Gasteiger partial charge in [0, 0.05) is 12.0 Å². The van der Waals surface area contributed by atoms with Gasteiger partial charge in [0.05, 0.1) is 0 Å². The molecule has 0 aliphatic heterocycles. The topological polar surface area (TPSA) is 9.23 Å². The summed E-state index contributed by atoms with van der Waals surface area (Å²) in [4.78, 5) is 0. The van der Waals surface area contributed by atoms with Crippen molar-refractivity contribution in [3.63, 3.8) is 0 Å². The molecule has 1 aliphatic rings. The van der Waals surface area contributed by atoms with E-state index in [2.05, 4.69) is 55.7 Å². The molecule has 106 valence electrons. The number of hydrogen-bond donors (Lipinski definition) is 0. The first-order valence-corrected chi connectivity index (χ1v) is 10.8. The molecule has 2 aromatic carbocycles. The van der Waals surface area contributed by atoms with E-state index < -0.39 is 13.9 Å². The second-order valence-electron chi connectivity index (χ2n) is 6.49. The van der Waals surface area contributed by atoms with Crippen molar-refractivity contribution in [2.24, 2.45) is 0 Å². The van der Waals surface area contributed by atoms with Crippen molar-refractivity contribution in [2.75, 3.05) is 0 Å². The Bertz CT molecular complexity index is 704. The zero-order chi connectivity index (χ0) is 14.9. The van der Waals surface area contributed by atoms with Crippen LogP contribution in [-0.4, -0.2) is 8.32 Å². The Kier molecular flexibility index (Phi) is 3.48. The van der Waals surface area contributed by atoms with Crippen molar-refractivity contribution >= 4 is 8.32 Å². The molecule has 0 saturated carbocycles. The predicted octanol–water partition coefficient (Wildman–Crippen LogP) is 4.34. The molecule has 2 heteroatoms. The Morgan fingerprint density at radius 1 is 0.952 bits per heavy atom. The molecule has 0 saturated heterocycles. The zero-order valence-corrected chi connectivity index (χ0v) is 13.8. The Morgan fingerprint density at radius 3 is 2.29 bits per heavy atom. The third kappa shape index (κ3) is 2.95. The average molecular weight is 292 g/mol. The fraction of sp³-hybridized carbons (Fsp3) is 0.263. The first-order chi connectivity index (χ1) is 9.99. The van der Waals surface area contributed by atoms with Gasteiger partial charge in [-0.1, -0.05) is 54.3 Å². The Hall–Kier alpha value is -1.82. The number of rotatable bonds is 2. The van der Waals surface area contributed by atoms with Crippen LogP contribution in [0.15, 0.2) is 54.6 Å². The van der Waals surface area contributed by atoms with Crippen LogP contribution in [0.1, 0.15) is 16.7 Å². The molecule has 0 unspecified atom stereocenters. The zero-order valence-electron chi connectivity index (χ0n) is 12.8. The maximum atomic E-state index is 6.47. The highest BCUT2D eigenvalue weighted by Gasteiger charge is 2.45. The molecule has 0 amide bonds. The summed E-state index contributed by atoms with van der Waals surface area (Å²) in [6, 6.07) is 18.6. The summed E-state index contributed by atoms with van der Waals surface area (Å²) in [7, 11) is -1.67. The molecule has 0 aromatic heterocycles. The molecule has 21 heavy (non-hydrogen) atoms. The normalized spacial score (nSPS) is 20.0. The van der Waals surface area contributed by atoms with Gasteiger partial charge in [0.15, 0.2) is 8.32 Å². The summed E-state index contributed by atoms with van der Waals surface area (Å²) >= 11 is 0. The summed E-state index contributed by atoms with van der Waals surface area (Å²) in [6.07, 6.45) is 0.896. The van der Waals surface area contributed by atoms with Gasteiger partial charge in [-0.2, -0.15) is 0 Å². The summed E-state index contributed by atoms with van der Waals surface area (Å²) in [5.74, 6) is 6.72. The molecule has 0 N–H and O–H groups in total. The van der Waals surface area contributed by atoms with Crippen molar-refractivity contribution in [3.8, 4) is 11.8 Å². The highest BCUT2D eigenvalue weighted by Crippen LogP contribution is 2.43. The molecule has 1 aliphatic carbocycles. The smallest absolute Gasteiger partial charge is 0.186 e. The predicted molar refractivity (Wildman–Crippen MR) is 89.6 cm³/mol. The molecular formula is C19H20OSi. The van der Waals surface area contributed by atoms with Crippen LogP contribution < -0.4 is 0 Å². The largest absolute Gasteiger partial charge is 0.398 e. The third-order valence-electron chi connectivity index (χ3n) is 3.55. The van der Waals surface area contributed by atoms with Crippen LogP contribution in [-0.2, 0) is 16.4 Å². The van der Waals surface area contributed by atoms with Crippen molar-refractivity contribution in [1.82, 2.24) is 0 Å². The lowest BCUT2D eigenvalue weighted by atomic mass is 9.74. The third-order valence-corrected chi connectivity index (χ3v) is 4.52. The van der Waals surface area contributed by atoms with E-state index in [1.807, 2.05) is 30.3 Å². The Morgan fingerprint density at radius 2 is 1.62 bits per heavy atom. The van der Waals surface area contributed by atoms with Crippen LogP contribution in [0.25, 0.3) is 0 Å². The molecule has 1 atom stereocenters. The van der Waals surface area contributed by atoms with E-state index >= 15 is 0 Å². The highest BCUT2D eigenvalue weighted by molar-refractivity contribution is 6.69. The lowest BCUT2D eigenvalue weighted by Gasteiger charge is -2.43. The minimum atomic E-state index is -1.67. The number of fused-ring (bicyclic) bond motifs is 1. The first kappa shape index (κ1) is 14.1. The maximum absolute atomic E-state index is 6.47. The SMILES string of the molecule is C[Si](C)(C)O[C@]1(C#Cc2ccccc2)Cc2ccccc21. The summed E-state index contributed by atoms with van der Waals surface area (Å²) < 4.78 is 6.47. The number of hydrogen-bond acceptors (Lipinski definition) is 1. The molecule has 3 rings (SSSR count). The van der Waals surface area contributed by atoms with E-state index in [1.165, 1.54) is 11.1 Å². The van der Waals surface area contributed by atoms with E-state index in [4.69, 9.17) is 4.43 Å². The van der Waals surface area contributed by atoms with E-state index in [0.717, 1.165) is 12.0 Å². The van der Waals surface area contributed by atoms with Gasteiger partial charge in [-0.3, -0.25) is 0 Å². The summed E-state index contributed by atoms with van der Waals surface area (Å²) in [6.45, 7) is 6.67. The van der Waals surface area contributed by atoms with Gasteiger partial charge in [0.25, 0.3) is 0 Å². The van der Waals surface area contributed by atoms with Gasteiger partial charge >= 0.3 is 0 Å². The molecule has 0 radical (unpaired) electrons. The van der Waals surface area contributed by atoms with Crippen LogP contribution in [0.3, 0.4) is 0 Å². The van der Waals surface area contributed by atoms with Crippen LogP contribution >= 0.6 is 0 Å². The molecule has 0 spiro atoms. The Balaban J connectivity index is 1.99. The van der Waals surface area contributed by atoms with Gasteiger partial charge < -0.3 is 4.43 Å². The van der Waals surface area contributed by atoms with Crippen molar-refractivity contribution in [3.05, 3.63) is 71.3 Å². The summed E-state index contributed by atoms with van der Waals surface area (Å²) in [5, 5.41) is 0. The molecule has 0 heterocycles. The monoisotopic (exact) mass is 292 g/mol. The minimum Gasteiger partial charge on any atom is -0.398 e. The second kappa shape index (κ2) is 5.18. The maximum Gasteiger partial charge on any atom is 0.186 e. The molecular weight excluding hydrogens is 272 g/mol. The van der Waals surface area contributed by atoms with Gasteiger partial charge in [-0.05, 0) is 42.9 Å². The van der Waals surface area contributed by atoms with Crippen LogP contribution in [0, 0.1) is 11.8 Å². The number of benzene rings is 2. The first-order valence-electron chi connectivity index (χ1n) is 7.35. The molecule has 0 bridgehead atoms. The second-order valence-corrected chi connectivity index (χ2v) is 10.9. The van der Waals surface area contributed by atoms with Gasteiger partial charge in [-0.15, -0.1) is 0 Å². The van der Waals surface area contributed by atoms with E-state index in [1.54, 1.807) is 0 Å². The highest BCUT2D eigenvalue weighted by atomic mass is 28.4. The molecule has 0 fully saturated rings. The quantitative estimate of drug-likeness (QED) is 0.591. The minimum absolute atomic E-state index is 0.406. The fourth-order valence-electron chi connectivity index (χ4n) is 2.77. The van der Waals surface area contributed by atoms with Crippen molar-refractivity contribution in [1.29, 1.82) is 0 Å². The van der Waals surface area contributed by atoms with Crippen LogP contribution in [0.2, 0.25) is 19.6 Å².